The Kier molecular flexibility index (Phi) is 7.72. The number of aromatic nitrogens is 6. The summed E-state index contributed by atoms with van der Waals surface area (Å²) in [4.78, 5) is 46.6. The average molecular weight is 596 g/mol. The molecule has 1 fully saturated rings. The van der Waals surface area contributed by atoms with Crippen LogP contribution in [0.3, 0.4) is 0 Å². The summed E-state index contributed by atoms with van der Waals surface area (Å²) in [6.07, 6.45) is 7.21. The van der Waals surface area contributed by atoms with Crippen LogP contribution < -0.4 is 15.0 Å². The molecule has 234 valence electrons. The zero-order valence-electron chi connectivity index (χ0n) is 25.1. The van der Waals surface area contributed by atoms with Crippen LogP contribution in [0.2, 0.25) is 0 Å². The molecule has 0 radical (unpaired) electrons. The fourth-order valence-corrected chi connectivity index (χ4v) is 5.97. The number of H-pyrrole nitrogens is 2. The largest absolute Gasteiger partial charge is 0.491 e. The number of hydrogen-bond acceptors (Lipinski definition) is 8. The number of carbonyl (C=O) groups excluding carboxylic acids is 2. The Morgan fingerprint density at radius 1 is 1.23 bits per heavy atom. The van der Waals surface area contributed by atoms with Crippen LogP contribution in [-0.2, 0) is 36.0 Å². The van der Waals surface area contributed by atoms with Crippen LogP contribution in [0.5, 0.6) is 5.75 Å². The van der Waals surface area contributed by atoms with Crippen molar-refractivity contribution in [2.45, 2.75) is 70.7 Å². The summed E-state index contributed by atoms with van der Waals surface area (Å²) < 4.78 is 13.9. The maximum absolute atomic E-state index is 13.9. The molecule has 0 unspecified atom stereocenters. The number of rotatable bonds is 8. The Bertz CT molecular complexity index is 1600. The van der Waals surface area contributed by atoms with Crippen molar-refractivity contribution in [3.8, 4) is 5.75 Å². The predicted octanol–water partition coefficient (Wildman–Crippen LogP) is 3.83. The van der Waals surface area contributed by atoms with Crippen LogP contribution in [0.1, 0.15) is 54.7 Å². The van der Waals surface area contributed by atoms with Crippen LogP contribution in [0.25, 0.3) is 11.2 Å². The number of nitrogens with one attached hydrogen (secondary N) is 3. The van der Waals surface area contributed by atoms with E-state index >= 15 is 0 Å². The number of aryl methyl sites for hydroxylation is 1. The van der Waals surface area contributed by atoms with Crippen molar-refractivity contribution in [2.75, 3.05) is 24.6 Å². The maximum atomic E-state index is 13.9. The van der Waals surface area contributed by atoms with E-state index in [0.29, 0.717) is 26.1 Å². The number of anilines is 1. The van der Waals surface area contributed by atoms with Crippen LogP contribution in [0.15, 0.2) is 37.1 Å². The summed E-state index contributed by atoms with van der Waals surface area (Å²) in [5.41, 5.74) is 4.08. The molecule has 13 nitrogen and oxygen atoms in total. The minimum Gasteiger partial charge on any atom is -0.491 e. The van der Waals surface area contributed by atoms with Gasteiger partial charge in [0.05, 0.1) is 12.4 Å². The van der Waals surface area contributed by atoms with Gasteiger partial charge in [0.1, 0.15) is 35.8 Å². The smallest absolute Gasteiger partial charge is 0.408 e. The number of hydrogen-bond donors (Lipinski definition) is 3. The second kappa shape index (κ2) is 11.6. The molecule has 3 N–H and O–H groups in total. The van der Waals surface area contributed by atoms with Crippen molar-refractivity contribution in [3.63, 3.8) is 0 Å². The predicted molar refractivity (Wildman–Crippen MR) is 166 cm³/mol. The molecule has 2 aliphatic heterocycles. The lowest BCUT2D eigenvalue weighted by Crippen LogP contribution is -2.51. The molecular weight excluding hydrogens is 550 g/mol. The number of fused-ring (bicyclic) bond motifs is 2. The second-order valence-corrected chi connectivity index (χ2v) is 12.2. The van der Waals surface area contributed by atoms with Crippen molar-refractivity contribution < 1.29 is 23.3 Å². The first-order valence-electron chi connectivity index (χ1n) is 14.8. The number of carbonyl (C=O) groups is 2. The van der Waals surface area contributed by atoms with Gasteiger partial charge in [-0.1, -0.05) is 12.1 Å². The molecule has 1 saturated heterocycles. The lowest BCUT2D eigenvalue weighted by Gasteiger charge is -2.33. The van der Waals surface area contributed by atoms with Crippen molar-refractivity contribution in [2.24, 2.45) is 7.05 Å². The van der Waals surface area contributed by atoms with Gasteiger partial charge in [-0.15, -0.1) is 0 Å². The van der Waals surface area contributed by atoms with E-state index in [1.54, 1.807) is 44.5 Å². The topological polar surface area (TPSA) is 146 Å². The third-order valence-corrected chi connectivity index (χ3v) is 8.00. The first kappa shape index (κ1) is 28.6. The van der Waals surface area contributed by atoms with Gasteiger partial charge in [0.25, 0.3) is 0 Å². The summed E-state index contributed by atoms with van der Waals surface area (Å²) in [7, 11) is 1.96. The van der Waals surface area contributed by atoms with Gasteiger partial charge in [-0.25, -0.2) is 19.7 Å². The summed E-state index contributed by atoms with van der Waals surface area (Å²) in [6.45, 7) is 7.72. The third kappa shape index (κ3) is 6.15. The minimum atomic E-state index is -0.810. The summed E-state index contributed by atoms with van der Waals surface area (Å²) in [5.74, 6) is 1.52. The first-order valence-corrected chi connectivity index (χ1v) is 14.8. The highest BCUT2D eigenvalue weighted by Gasteiger charge is 2.33. The van der Waals surface area contributed by atoms with Crippen molar-refractivity contribution in [1.82, 2.24) is 39.9 Å². The SMILES string of the molecule is Cn1[nH]c2ncnc(N3CCC[C@@H]3COc3cccc4c3CN(C(=O)[C@@H](Cc3cnc[nH]3)NC(=O)OC(C)(C)C)CC4)c21.[HH].[HH].[HH]. The molecule has 0 saturated carbocycles. The van der Waals surface area contributed by atoms with E-state index in [4.69, 9.17) is 9.47 Å². The van der Waals surface area contributed by atoms with Gasteiger partial charge in [-0.3, -0.25) is 14.6 Å². The Balaban J connectivity index is 0.00000192. The molecule has 0 spiro atoms. The van der Waals surface area contributed by atoms with Crippen LogP contribution >= 0.6 is 0 Å². The monoisotopic (exact) mass is 595 g/mol. The second-order valence-electron chi connectivity index (χ2n) is 12.2. The van der Waals surface area contributed by atoms with E-state index in [1.807, 2.05) is 23.9 Å². The molecule has 5 heterocycles. The maximum Gasteiger partial charge on any atom is 0.408 e. The fourth-order valence-electron chi connectivity index (χ4n) is 5.97. The van der Waals surface area contributed by atoms with Crippen LogP contribution in [0, 0.1) is 0 Å². The number of alkyl carbamates (subject to hydrolysis) is 1. The standard InChI is InChI=1S/C30H39N9O4.3H2/c1-30(2,3)43-29(41)35-23(13-20-14-31-17-32-20)28(40)38-12-10-19-7-5-9-24(22(19)15-38)42-16-21-8-6-11-39(21)27-25-26(33-18-34-27)36-37(25)4;;;/h5,7,9,14,17-18,21,23H,6,8,10-13,15-16H2,1-4H3,(H,31,32)(H,35,41)(H,33,34,36);3*1H/t21-,23-;;;/m1.../s1. The molecule has 4 aromatic rings. The van der Waals surface area contributed by atoms with E-state index in [0.717, 1.165) is 53.4 Å². The number of nitrogens with zero attached hydrogens (tertiary/aromatic N) is 6. The van der Waals surface area contributed by atoms with E-state index < -0.39 is 17.7 Å². The van der Waals surface area contributed by atoms with Gasteiger partial charge in [-0.05, 0) is 51.7 Å². The van der Waals surface area contributed by atoms with E-state index in [9.17, 15) is 9.59 Å². The molecule has 1 aromatic carbocycles. The lowest BCUT2D eigenvalue weighted by molar-refractivity contribution is -0.134. The van der Waals surface area contributed by atoms with E-state index in [1.165, 1.54) is 5.56 Å². The van der Waals surface area contributed by atoms with Crippen molar-refractivity contribution in [1.29, 1.82) is 0 Å². The Morgan fingerprint density at radius 2 is 2.09 bits per heavy atom. The van der Waals surface area contributed by atoms with Crippen molar-refractivity contribution in [3.05, 3.63) is 53.9 Å². The molecule has 0 aliphatic carbocycles. The number of ether oxygens (including phenoxy) is 2. The zero-order chi connectivity index (χ0) is 30.1. The Labute approximate surface area is 254 Å². The number of aromatic amines is 2. The summed E-state index contributed by atoms with van der Waals surface area (Å²) in [6, 6.07) is 5.44. The molecule has 3 aromatic heterocycles. The highest BCUT2D eigenvalue weighted by atomic mass is 16.6. The van der Waals surface area contributed by atoms with Crippen LogP contribution in [-0.4, -0.2) is 84.0 Å². The molecule has 6 rings (SSSR count). The van der Waals surface area contributed by atoms with Gasteiger partial charge < -0.3 is 29.6 Å². The molecule has 2 aliphatic rings. The fraction of sp³-hybridized carbons (Fsp3) is 0.500. The normalized spacial score (nSPS) is 17.6. The Morgan fingerprint density at radius 3 is 2.86 bits per heavy atom. The highest BCUT2D eigenvalue weighted by Crippen LogP contribution is 2.32. The zero-order valence-corrected chi connectivity index (χ0v) is 25.1. The molecule has 0 bridgehead atoms. The van der Waals surface area contributed by atoms with Gasteiger partial charge in [0.2, 0.25) is 5.91 Å². The van der Waals surface area contributed by atoms with Gasteiger partial charge in [0, 0.05) is 54.8 Å². The van der Waals surface area contributed by atoms with E-state index in [2.05, 4.69) is 41.3 Å². The first-order chi connectivity index (χ1) is 20.7. The number of imidazole rings is 1. The van der Waals surface area contributed by atoms with Gasteiger partial charge >= 0.3 is 6.09 Å². The molecule has 43 heavy (non-hydrogen) atoms. The summed E-state index contributed by atoms with van der Waals surface area (Å²) >= 11 is 0. The minimum absolute atomic E-state index is 0. The molecular formula is C30H45N9O4. The number of amides is 2. The van der Waals surface area contributed by atoms with Crippen molar-refractivity contribution >= 4 is 29.0 Å². The summed E-state index contributed by atoms with van der Waals surface area (Å²) in [5, 5.41) is 5.96. The molecule has 2 amide bonds. The third-order valence-electron chi connectivity index (χ3n) is 8.00. The molecule has 13 heteroatoms. The van der Waals surface area contributed by atoms with Gasteiger partial charge in [-0.2, -0.15) is 0 Å². The quantitative estimate of drug-likeness (QED) is 0.279. The van der Waals surface area contributed by atoms with E-state index in [-0.39, 0.29) is 22.6 Å². The van der Waals surface area contributed by atoms with Gasteiger partial charge in [0.15, 0.2) is 11.5 Å². The molecule has 2 atom stereocenters. The lowest BCUT2D eigenvalue weighted by atomic mass is 9.97. The average Bonchev–Trinajstić information content (AvgIpc) is 3.65. The number of benzene rings is 1. The highest BCUT2D eigenvalue weighted by molar-refractivity contribution is 5.86. The Hall–Kier alpha value is -4.55. The van der Waals surface area contributed by atoms with Crippen LogP contribution in [0.4, 0.5) is 10.6 Å².